The highest BCUT2D eigenvalue weighted by molar-refractivity contribution is 5.92. The van der Waals surface area contributed by atoms with Gasteiger partial charge in [-0.15, -0.1) is 0 Å². The average Bonchev–Trinajstić information content (AvgIpc) is 3.14. The molecule has 134 valence electrons. The number of hydrogen-bond acceptors (Lipinski definition) is 3. The summed E-state index contributed by atoms with van der Waals surface area (Å²) in [6.07, 6.45) is 0.439. The summed E-state index contributed by atoms with van der Waals surface area (Å²) in [5.41, 5.74) is -0.361. The molecule has 0 bridgehead atoms. The van der Waals surface area contributed by atoms with E-state index in [1.165, 1.54) is 9.80 Å². The second-order valence-corrected chi connectivity index (χ2v) is 6.84. The van der Waals surface area contributed by atoms with Crippen molar-refractivity contribution in [2.75, 3.05) is 13.1 Å². The van der Waals surface area contributed by atoms with Crippen molar-refractivity contribution in [2.24, 2.45) is 0 Å². The Labute approximate surface area is 145 Å². The van der Waals surface area contributed by atoms with Gasteiger partial charge in [0.15, 0.2) is 0 Å². The predicted octanol–water partition coefficient (Wildman–Crippen LogP) is 1.51. The van der Waals surface area contributed by atoms with E-state index < -0.39 is 24.2 Å². The molecular weight excluding hydrogens is 327 g/mol. The molecule has 2 aliphatic heterocycles. The zero-order valence-electron chi connectivity index (χ0n) is 14.1. The van der Waals surface area contributed by atoms with Gasteiger partial charge in [-0.25, -0.2) is 9.18 Å². The van der Waals surface area contributed by atoms with E-state index >= 15 is 0 Å². The third-order valence-corrected chi connectivity index (χ3v) is 5.00. The number of aliphatic carboxylic acids is 1. The van der Waals surface area contributed by atoms with Gasteiger partial charge in [-0.1, -0.05) is 29.8 Å². The molecule has 0 aromatic heterocycles. The molecule has 25 heavy (non-hydrogen) atoms. The summed E-state index contributed by atoms with van der Waals surface area (Å²) in [6.45, 7) is 1.90. The number of carboxylic acids is 1. The molecule has 0 radical (unpaired) electrons. The molecule has 2 unspecified atom stereocenters. The lowest BCUT2D eigenvalue weighted by Gasteiger charge is -2.28. The minimum atomic E-state index is -2.39. The Morgan fingerprint density at radius 1 is 1.32 bits per heavy atom. The van der Waals surface area contributed by atoms with Crippen LogP contribution in [0.4, 0.5) is 4.39 Å². The molecule has 0 saturated carbocycles. The second-order valence-electron chi connectivity index (χ2n) is 6.84. The standard InChI is InChI=1S/C18H21FN2O4/c1-12-2-4-13(5-3-12)10-21-14(6-7-15(21)22)16(23)20-9-8-18(19,11-20)17(24)25/h2-5,14H,6-11H2,1H3,(H,24,25). The van der Waals surface area contributed by atoms with E-state index in [-0.39, 0.29) is 31.2 Å². The zero-order chi connectivity index (χ0) is 18.2. The Morgan fingerprint density at radius 3 is 2.60 bits per heavy atom. The number of likely N-dealkylation sites (tertiary alicyclic amines) is 2. The van der Waals surface area contributed by atoms with E-state index in [2.05, 4.69) is 0 Å². The van der Waals surface area contributed by atoms with Crippen molar-refractivity contribution in [3.63, 3.8) is 0 Å². The van der Waals surface area contributed by atoms with E-state index in [0.29, 0.717) is 13.0 Å². The maximum Gasteiger partial charge on any atom is 0.343 e. The van der Waals surface area contributed by atoms with Crippen LogP contribution in [0.15, 0.2) is 24.3 Å². The van der Waals surface area contributed by atoms with Crippen molar-refractivity contribution in [3.8, 4) is 0 Å². The number of nitrogens with zero attached hydrogens (tertiary/aromatic N) is 2. The number of benzene rings is 1. The molecule has 0 aliphatic carbocycles. The van der Waals surface area contributed by atoms with Crippen LogP contribution in [0, 0.1) is 6.92 Å². The lowest BCUT2D eigenvalue weighted by molar-refractivity contribution is -0.151. The van der Waals surface area contributed by atoms with E-state index in [9.17, 15) is 18.8 Å². The van der Waals surface area contributed by atoms with Gasteiger partial charge in [0.1, 0.15) is 6.04 Å². The topological polar surface area (TPSA) is 77.9 Å². The fraction of sp³-hybridized carbons (Fsp3) is 0.500. The third kappa shape index (κ3) is 3.36. The normalized spacial score (nSPS) is 26.3. The first-order valence-corrected chi connectivity index (χ1v) is 8.36. The highest BCUT2D eigenvalue weighted by Gasteiger charge is 2.49. The van der Waals surface area contributed by atoms with E-state index in [1.54, 1.807) is 0 Å². The van der Waals surface area contributed by atoms with Gasteiger partial charge >= 0.3 is 5.97 Å². The van der Waals surface area contributed by atoms with Crippen molar-refractivity contribution in [1.29, 1.82) is 0 Å². The Bertz CT molecular complexity index is 706. The molecule has 2 amide bonds. The van der Waals surface area contributed by atoms with Crippen molar-refractivity contribution >= 4 is 17.8 Å². The van der Waals surface area contributed by atoms with Gasteiger partial charge in [0.25, 0.3) is 0 Å². The van der Waals surface area contributed by atoms with Gasteiger partial charge in [0.05, 0.1) is 6.54 Å². The highest BCUT2D eigenvalue weighted by Crippen LogP contribution is 2.29. The van der Waals surface area contributed by atoms with Gasteiger partial charge < -0.3 is 14.9 Å². The summed E-state index contributed by atoms with van der Waals surface area (Å²) >= 11 is 0. The van der Waals surface area contributed by atoms with Crippen molar-refractivity contribution in [1.82, 2.24) is 9.80 Å². The summed E-state index contributed by atoms with van der Waals surface area (Å²) in [6, 6.07) is 7.06. The minimum Gasteiger partial charge on any atom is -0.479 e. The van der Waals surface area contributed by atoms with E-state index in [1.807, 2.05) is 31.2 Å². The van der Waals surface area contributed by atoms with Crippen molar-refractivity contribution < 1.29 is 23.9 Å². The van der Waals surface area contributed by atoms with Gasteiger partial charge in [0, 0.05) is 25.9 Å². The Morgan fingerprint density at radius 2 is 2.00 bits per heavy atom. The summed E-state index contributed by atoms with van der Waals surface area (Å²) in [7, 11) is 0. The van der Waals surface area contributed by atoms with Crippen molar-refractivity contribution in [3.05, 3.63) is 35.4 Å². The lowest BCUT2D eigenvalue weighted by Crippen LogP contribution is -2.47. The Hall–Kier alpha value is -2.44. The molecule has 2 atom stereocenters. The number of carboxylic acid groups (broad SMARTS) is 1. The van der Waals surface area contributed by atoms with Gasteiger partial charge in [-0.05, 0) is 18.9 Å². The summed E-state index contributed by atoms with van der Waals surface area (Å²) in [5, 5.41) is 8.97. The van der Waals surface area contributed by atoms with Crippen LogP contribution in [0.2, 0.25) is 0 Å². The molecule has 0 spiro atoms. The molecule has 2 saturated heterocycles. The smallest absolute Gasteiger partial charge is 0.343 e. The Balaban J connectivity index is 1.72. The van der Waals surface area contributed by atoms with Crippen molar-refractivity contribution in [2.45, 2.75) is 44.4 Å². The molecule has 3 rings (SSSR count). The van der Waals surface area contributed by atoms with Crippen LogP contribution >= 0.6 is 0 Å². The summed E-state index contributed by atoms with van der Waals surface area (Å²) in [4.78, 5) is 38.7. The number of halogens is 1. The van der Waals surface area contributed by atoms with Gasteiger partial charge in [0.2, 0.25) is 17.5 Å². The van der Waals surface area contributed by atoms with Crippen LogP contribution in [0.3, 0.4) is 0 Å². The molecule has 2 heterocycles. The number of alkyl halides is 1. The number of carbonyl (C=O) groups is 3. The summed E-state index contributed by atoms with van der Waals surface area (Å²) in [5.74, 6) is -2.01. The third-order valence-electron chi connectivity index (χ3n) is 5.00. The molecule has 1 N–H and O–H groups in total. The molecule has 6 nitrogen and oxygen atoms in total. The zero-order valence-corrected chi connectivity index (χ0v) is 14.1. The fourth-order valence-corrected chi connectivity index (χ4v) is 3.43. The predicted molar refractivity (Wildman–Crippen MR) is 87.4 cm³/mol. The number of amides is 2. The number of rotatable bonds is 4. The first kappa shape index (κ1) is 17.4. The van der Waals surface area contributed by atoms with Crippen LogP contribution < -0.4 is 0 Å². The molecule has 7 heteroatoms. The number of hydrogen-bond donors (Lipinski definition) is 1. The Kier molecular flexibility index (Phi) is 4.49. The maximum atomic E-state index is 14.2. The molecule has 1 aromatic carbocycles. The lowest BCUT2D eigenvalue weighted by atomic mass is 10.1. The van der Waals surface area contributed by atoms with E-state index in [0.717, 1.165) is 11.1 Å². The fourth-order valence-electron chi connectivity index (χ4n) is 3.43. The van der Waals surface area contributed by atoms with Crippen LogP contribution in [0.25, 0.3) is 0 Å². The average molecular weight is 348 g/mol. The SMILES string of the molecule is Cc1ccc(CN2C(=O)CCC2C(=O)N2CCC(F)(C(=O)O)C2)cc1. The van der Waals surface area contributed by atoms with Gasteiger partial charge in [-0.2, -0.15) is 0 Å². The second kappa shape index (κ2) is 6.46. The first-order chi connectivity index (χ1) is 11.8. The van der Waals surface area contributed by atoms with Crippen LogP contribution in [-0.2, 0) is 20.9 Å². The van der Waals surface area contributed by atoms with Gasteiger partial charge in [-0.3, -0.25) is 9.59 Å². The monoisotopic (exact) mass is 348 g/mol. The number of aryl methyl sites for hydroxylation is 1. The van der Waals surface area contributed by atoms with Crippen LogP contribution in [-0.4, -0.2) is 57.5 Å². The van der Waals surface area contributed by atoms with Crippen LogP contribution in [0.5, 0.6) is 0 Å². The maximum absolute atomic E-state index is 14.2. The highest BCUT2D eigenvalue weighted by atomic mass is 19.1. The van der Waals surface area contributed by atoms with Crippen LogP contribution in [0.1, 0.15) is 30.4 Å². The molecular formula is C18H21FN2O4. The quantitative estimate of drug-likeness (QED) is 0.895. The number of carbonyl (C=O) groups excluding carboxylic acids is 2. The minimum absolute atomic E-state index is 0.0602. The summed E-state index contributed by atoms with van der Waals surface area (Å²) < 4.78 is 14.2. The molecule has 2 aliphatic rings. The molecule has 2 fully saturated rings. The molecule has 1 aromatic rings. The van der Waals surface area contributed by atoms with E-state index in [4.69, 9.17) is 5.11 Å². The first-order valence-electron chi connectivity index (χ1n) is 8.36. The largest absolute Gasteiger partial charge is 0.479 e.